The van der Waals surface area contributed by atoms with Gasteiger partial charge in [0.2, 0.25) is 10.0 Å². The molecule has 2 aromatic carbocycles. The molecular formula is C22H23N3O5S2. The van der Waals surface area contributed by atoms with Gasteiger partial charge in [0, 0.05) is 12.0 Å². The van der Waals surface area contributed by atoms with E-state index < -0.39 is 26.1 Å². The number of hydrogen-bond donors (Lipinski definition) is 1. The van der Waals surface area contributed by atoms with Gasteiger partial charge in [0.25, 0.3) is 10.0 Å². The lowest BCUT2D eigenvalue weighted by atomic mass is 10.0. The van der Waals surface area contributed by atoms with Crippen LogP contribution in [0.2, 0.25) is 0 Å². The molecule has 0 amide bonds. The van der Waals surface area contributed by atoms with Gasteiger partial charge in [-0.25, -0.2) is 8.42 Å². The van der Waals surface area contributed by atoms with Crippen LogP contribution in [0.1, 0.15) is 36.3 Å². The summed E-state index contributed by atoms with van der Waals surface area (Å²) in [6, 6.07) is 16.0. The molecule has 0 unspecified atom stereocenters. The van der Waals surface area contributed by atoms with Gasteiger partial charge in [-0.1, -0.05) is 35.9 Å². The highest BCUT2D eigenvalue weighted by molar-refractivity contribution is 7.92. The number of sulfonamides is 2. The van der Waals surface area contributed by atoms with Crippen LogP contribution in [0.25, 0.3) is 0 Å². The fraction of sp³-hybridized carbons (Fsp3) is 0.227. The molecule has 32 heavy (non-hydrogen) atoms. The lowest BCUT2D eigenvalue weighted by molar-refractivity contribution is 0.320. The number of anilines is 1. The van der Waals surface area contributed by atoms with Crippen molar-refractivity contribution in [2.24, 2.45) is 5.10 Å². The van der Waals surface area contributed by atoms with Crippen LogP contribution in [-0.2, 0) is 20.0 Å². The van der Waals surface area contributed by atoms with Crippen molar-refractivity contribution in [2.75, 3.05) is 10.5 Å². The van der Waals surface area contributed by atoms with Crippen molar-refractivity contribution >= 4 is 31.4 Å². The predicted octanol–water partition coefficient (Wildman–Crippen LogP) is 3.89. The fourth-order valence-electron chi connectivity index (χ4n) is 3.45. The molecule has 10 heteroatoms. The smallest absolute Gasteiger partial charge is 0.279 e. The molecule has 2 heterocycles. The molecule has 0 radical (unpaired) electrons. The van der Waals surface area contributed by atoms with Gasteiger partial charge in [-0.3, -0.25) is 4.72 Å². The van der Waals surface area contributed by atoms with Crippen LogP contribution in [0.15, 0.2) is 81.3 Å². The summed E-state index contributed by atoms with van der Waals surface area (Å²) in [6.45, 7) is 3.42. The fourth-order valence-corrected chi connectivity index (χ4v) is 5.52. The third kappa shape index (κ3) is 4.28. The number of nitrogens with one attached hydrogen (secondary N) is 1. The van der Waals surface area contributed by atoms with E-state index in [4.69, 9.17) is 4.42 Å². The zero-order valence-corrected chi connectivity index (χ0v) is 19.2. The van der Waals surface area contributed by atoms with Gasteiger partial charge in [-0.05, 0) is 44.2 Å². The van der Waals surface area contributed by atoms with E-state index in [-0.39, 0.29) is 17.1 Å². The third-order valence-electron chi connectivity index (χ3n) is 5.19. The molecule has 1 aromatic heterocycles. The average Bonchev–Trinajstić information content (AvgIpc) is 3.44. The van der Waals surface area contributed by atoms with Crippen LogP contribution in [0.5, 0.6) is 0 Å². The van der Waals surface area contributed by atoms with Crippen LogP contribution < -0.4 is 4.72 Å². The lowest BCUT2D eigenvalue weighted by Gasteiger charge is -2.21. The van der Waals surface area contributed by atoms with Crippen LogP contribution >= 0.6 is 0 Å². The van der Waals surface area contributed by atoms with E-state index in [1.54, 1.807) is 67.6 Å². The molecule has 0 spiro atoms. The lowest BCUT2D eigenvalue weighted by Crippen LogP contribution is -2.27. The summed E-state index contributed by atoms with van der Waals surface area (Å²) < 4.78 is 60.3. The maximum absolute atomic E-state index is 13.5. The topological polar surface area (TPSA) is 109 Å². The number of para-hydroxylation sites is 1. The quantitative estimate of drug-likeness (QED) is 0.560. The molecule has 0 aliphatic carbocycles. The van der Waals surface area contributed by atoms with Gasteiger partial charge in [0.05, 0.1) is 28.3 Å². The molecule has 8 nitrogen and oxygen atoms in total. The first-order valence-corrected chi connectivity index (χ1v) is 13.1. The maximum atomic E-state index is 13.5. The van der Waals surface area contributed by atoms with Crippen LogP contribution in [-0.4, -0.2) is 32.7 Å². The summed E-state index contributed by atoms with van der Waals surface area (Å²) in [5.74, 6) is 0.364. The van der Waals surface area contributed by atoms with Gasteiger partial charge < -0.3 is 4.42 Å². The van der Waals surface area contributed by atoms with Crippen molar-refractivity contribution in [1.82, 2.24) is 4.41 Å². The van der Waals surface area contributed by atoms with Crippen molar-refractivity contribution in [2.45, 2.75) is 31.2 Å². The second kappa shape index (κ2) is 8.44. The summed E-state index contributed by atoms with van der Waals surface area (Å²) in [7, 11) is -7.50. The number of hydrogen-bond acceptors (Lipinski definition) is 6. The molecule has 1 aliphatic heterocycles. The summed E-state index contributed by atoms with van der Waals surface area (Å²) in [4.78, 5) is 0.115. The molecule has 4 rings (SSSR count). The first kappa shape index (κ1) is 22.1. The Morgan fingerprint density at radius 2 is 1.75 bits per heavy atom. The molecular weight excluding hydrogens is 450 g/mol. The van der Waals surface area contributed by atoms with Gasteiger partial charge in [-0.2, -0.15) is 17.9 Å². The third-order valence-corrected chi connectivity index (χ3v) is 8.18. The Balaban J connectivity index is 1.80. The summed E-state index contributed by atoms with van der Waals surface area (Å²) in [5.41, 5.74) is 2.24. The number of hydrazone groups is 1. The molecule has 1 aliphatic rings. The number of rotatable bonds is 7. The maximum Gasteiger partial charge on any atom is 0.279 e. The SMILES string of the molecule is CCS(=O)(=O)Nc1ccccc1C1=NN(S(=O)(=O)c2ccc(C)cc2)[C@H](c2ccco2)C1. The molecule has 0 bridgehead atoms. The standard InChI is InChI=1S/C22H23N3O5S2/c1-3-31(26,27)24-19-8-5-4-7-18(19)20-15-21(22-9-6-14-30-22)25(23-20)32(28,29)17-12-10-16(2)11-13-17/h4-14,21,24H,3,15H2,1-2H3/t21-/m0/s1. The molecule has 0 fully saturated rings. The average molecular weight is 474 g/mol. The highest BCUT2D eigenvalue weighted by atomic mass is 32.2. The first-order chi connectivity index (χ1) is 15.2. The van der Waals surface area contributed by atoms with Crippen LogP contribution in [0.4, 0.5) is 5.69 Å². The minimum Gasteiger partial charge on any atom is -0.467 e. The number of aryl methyl sites for hydroxylation is 1. The Morgan fingerprint density at radius 3 is 2.41 bits per heavy atom. The van der Waals surface area contributed by atoms with Gasteiger partial charge in [0.15, 0.2) is 0 Å². The van der Waals surface area contributed by atoms with E-state index in [9.17, 15) is 16.8 Å². The Labute approximate surface area is 187 Å². The number of benzene rings is 2. The molecule has 0 saturated heterocycles. The van der Waals surface area contributed by atoms with E-state index in [0.29, 0.717) is 22.7 Å². The van der Waals surface area contributed by atoms with Crippen molar-refractivity contribution in [3.8, 4) is 0 Å². The van der Waals surface area contributed by atoms with Crippen LogP contribution in [0, 0.1) is 6.92 Å². The monoisotopic (exact) mass is 473 g/mol. The van der Waals surface area contributed by atoms with Crippen molar-refractivity contribution < 1.29 is 21.3 Å². The summed E-state index contributed by atoms with van der Waals surface area (Å²) >= 11 is 0. The van der Waals surface area contributed by atoms with E-state index >= 15 is 0 Å². The zero-order chi connectivity index (χ0) is 22.9. The Bertz CT molecular complexity index is 1350. The molecule has 1 N–H and O–H groups in total. The van der Waals surface area contributed by atoms with E-state index in [1.807, 2.05) is 6.92 Å². The normalized spacial score (nSPS) is 16.8. The highest BCUT2D eigenvalue weighted by Crippen LogP contribution is 2.38. The predicted molar refractivity (Wildman–Crippen MR) is 122 cm³/mol. The summed E-state index contributed by atoms with van der Waals surface area (Å²) in [6.07, 6.45) is 1.71. The highest BCUT2D eigenvalue weighted by Gasteiger charge is 2.39. The summed E-state index contributed by atoms with van der Waals surface area (Å²) in [5, 5.41) is 4.45. The molecule has 0 saturated carbocycles. The minimum absolute atomic E-state index is 0.0865. The van der Waals surface area contributed by atoms with Crippen molar-refractivity contribution in [3.63, 3.8) is 0 Å². The Kier molecular flexibility index (Phi) is 5.83. The Hall–Kier alpha value is -3.11. The molecule has 1 atom stereocenters. The minimum atomic E-state index is -3.98. The zero-order valence-electron chi connectivity index (χ0n) is 17.6. The van der Waals surface area contributed by atoms with Gasteiger partial charge in [0.1, 0.15) is 11.8 Å². The van der Waals surface area contributed by atoms with Gasteiger partial charge in [-0.15, -0.1) is 0 Å². The van der Waals surface area contributed by atoms with Gasteiger partial charge >= 0.3 is 0 Å². The number of nitrogens with zero attached hydrogens (tertiary/aromatic N) is 2. The Morgan fingerprint density at radius 1 is 1.03 bits per heavy atom. The van der Waals surface area contributed by atoms with Crippen molar-refractivity contribution in [3.05, 3.63) is 83.8 Å². The van der Waals surface area contributed by atoms with E-state index in [2.05, 4.69) is 9.82 Å². The molecule has 168 valence electrons. The van der Waals surface area contributed by atoms with Crippen LogP contribution in [0.3, 0.4) is 0 Å². The second-order valence-electron chi connectivity index (χ2n) is 7.42. The second-order valence-corrected chi connectivity index (χ2v) is 11.2. The number of furan rings is 1. The van der Waals surface area contributed by atoms with Crippen molar-refractivity contribution in [1.29, 1.82) is 0 Å². The first-order valence-electron chi connectivity index (χ1n) is 10.0. The molecule has 3 aromatic rings. The largest absolute Gasteiger partial charge is 0.467 e. The van der Waals surface area contributed by atoms with E-state index in [1.165, 1.54) is 6.26 Å². The van der Waals surface area contributed by atoms with E-state index in [0.717, 1.165) is 9.98 Å².